The van der Waals surface area contributed by atoms with Crippen LogP contribution in [0.1, 0.15) is 53.5 Å². The number of likely N-dealkylation sites (tertiary alicyclic amines) is 1. The molecule has 0 bridgehead atoms. The average molecular weight is 548 g/mol. The highest BCUT2D eigenvalue weighted by Gasteiger charge is 2.55. The van der Waals surface area contributed by atoms with E-state index in [1.54, 1.807) is 6.20 Å². The van der Waals surface area contributed by atoms with Gasteiger partial charge in [0.05, 0.1) is 6.54 Å². The number of alkyl carbamates (subject to hydrolysis) is 1. The van der Waals surface area contributed by atoms with E-state index in [0.717, 1.165) is 36.1 Å². The van der Waals surface area contributed by atoms with Gasteiger partial charge in [-0.05, 0) is 62.3 Å². The molecule has 2 aromatic heterocycles. The SMILES string of the molecule is CNC(=O)c1cc(C(=O)CC2[C@H]3CN(CCNC(=O)OC(C)(C)C)C[C@@H]23)cn(Cc2cccc3[nH]ccc23)c1=O. The lowest BCUT2D eigenvalue weighted by Crippen LogP contribution is -2.38. The third kappa shape index (κ3) is 5.96. The van der Waals surface area contributed by atoms with Gasteiger partial charge < -0.3 is 29.8 Å². The van der Waals surface area contributed by atoms with Crippen LogP contribution < -0.4 is 16.2 Å². The van der Waals surface area contributed by atoms with Crippen molar-refractivity contribution >= 4 is 28.7 Å². The van der Waals surface area contributed by atoms with Crippen molar-refractivity contribution in [3.8, 4) is 0 Å². The number of nitrogens with zero attached hydrogens (tertiary/aromatic N) is 2. The Kier molecular flexibility index (Phi) is 7.55. The monoisotopic (exact) mass is 547 g/mol. The van der Waals surface area contributed by atoms with Crippen molar-refractivity contribution in [3.63, 3.8) is 0 Å². The summed E-state index contributed by atoms with van der Waals surface area (Å²) < 4.78 is 6.74. The Morgan fingerprint density at radius 1 is 1.12 bits per heavy atom. The van der Waals surface area contributed by atoms with Crippen LogP contribution in [0, 0.1) is 17.8 Å². The normalized spacial score (nSPS) is 20.2. The van der Waals surface area contributed by atoms with Gasteiger partial charge in [-0.2, -0.15) is 0 Å². The number of Topliss-reactive ketones (excluding diaryl/α,β-unsaturated/α-hetero) is 1. The number of pyridine rings is 1. The molecule has 1 unspecified atom stereocenters. The second-order valence-electron chi connectivity index (χ2n) is 11.8. The fourth-order valence-corrected chi connectivity index (χ4v) is 5.86. The van der Waals surface area contributed by atoms with Crippen LogP contribution in [0.25, 0.3) is 10.9 Å². The third-order valence-electron chi connectivity index (χ3n) is 7.87. The number of aromatic amines is 1. The Balaban J connectivity index is 1.22. The molecular weight excluding hydrogens is 510 g/mol. The summed E-state index contributed by atoms with van der Waals surface area (Å²) >= 11 is 0. The predicted molar refractivity (Wildman–Crippen MR) is 152 cm³/mol. The summed E-state index contributed by atoms with van der Waals surface area (Å²) in [5.74, 6) is 0.616. The van der Waals surface area contributed by atoms with Crippen molar-refractivity contribution in [2.75, 3.05) is 33.2 Å². The van der Waals surface area contributed by atoms with Crippen molar-refractivity contribution < 1.29 is 19.1 Å². The number of aromatic nitrogens is 2. The number of nitrogens with one attached hydrogen (secondary N) is 3. The summed E-state index contributed by atoms with van der Waals surface area (Å²) in [5.41, 5.74) is 1.27. The van der Waals surface area contributed by atoms with Crippen LogP contribution in [-0.2, 0) is 11.3 Å². The lowest BCUT2D eigenvalue weighted by Gasteiger charge is -2.22. The van der Waals surface area contributed by atoms with Gasteiger partial charge >= 0.3 is 6.09 Å². The molecule has 2 amide bonds. The molecule has 40 heavy (non-hydrogen) atoms. The van der Waals surface area contributed by atoms with E-state index in [2.05, 4.69) is 20.5 Å². The molecule has 3 heterocycles. The molecule has 2 fully saturated rings. The number of piperidine rings is 1. The van der Waals surface area contributed by atoms with Crippen LogP contribution in [0.15, 0.2) is 47.5 Å². The van der Waals surface area contributed by atoms with E-state index in [-0.39, 0.29) is 17.9 Å². The molecule has 10 heteroatoms. The van der Waals surface area contributed by atoms with Crippen molar-refractivity contribution in [2.45, 2.75) is 39.3 Å². The minimum atomic E-state index is -0.524. The van der Waals surface area contributed by atoms with E-state index in [1.165, 1.54) is 17.7 Å². The fraction of sp³-hybridized carbons (Fsp3) is 0.467. The van der Waals surface area contributed by atoms with Crippen molar-refractivity contribution in [3.05, 3.63) is 69.8 Å². The number of carbonyl (C=O) groups excluding carboxylic acids is 3. The second kappa shape index (κ2) is 10.9. The van der Waals surface area contributed by atoms with Gasteiger partial charge in [-0.1, -0.05) is 12.1 Å². The number of ether oxygens (including phenoxy) is 1. The highest BCUT2D eigenvalue weighted by atomic mass is 16.6. The van der Waals surface area contributed by atoms with Gasteiger partial charge in [0.2, 0.25) is 0 Å². The number of carbonyl (C=O) groups is 3. The maximum absolute atomic E-state index is 13.4. The zero-order valence-corrected chi connectivity index (χ0v) is 23.5. The molecule has 1 saturated carbocycles. The van der Waals surface area contributed by atoms with Gasteiger partial charge in [0.15, 0.2) is 5.78 Å². The zero-order chi connectivity index (χ0) is 28.6. The maximum atomic E-state index is 13.4. The number of hydrogen-bond acceptors (Lipinski definition) is 6. The van der Waals surface area contributed by atoms with Crippen LogP contribution in [0.5, 0.6) is 0 Å². The van der Waals surface area contributed by atoms with E-state index in [0.29, 0.717) is 36.3 Å². The number of H-pyrrole nitrogens is 1. The van der Waals surface area contributed by atoms with Gasteiger partial charge in [-0.15, -0.1) is 0 Å². The lowest BCUT2D eigenvalue weighted by molar-refractivity contribution is 0.0522. The first-order valence-corrected chi connectivity index (χ1v) is 13.8. The summed E-state index contributed by atoms with van der Waals surface area (Å²) in [6, 6.07) is 9.20. The molecule has 10 nitrogen and oxygen atoms in total. The smallest absolute Gasteiger partial charge is 0.407 e. The number of amides is 2. The standard InChI is InChI=1S/C30H37N5O5/c1-30(2,3)40-29(39)33-10-11-34-16-23-21(24(23)17-34)13-26(36)19-12-22(27(37)31-4)28(38)35(15-19)14-18-6-5-7-25-20(18)8-9-32-25/h5-9,12,15,21,23-24,32H,10-11,13-14,16-17H2,1-4H3,(H,31,37)(H,33,39)/t21?,23-,24+. The fourth-order valence-electron chi connectivity index (χ4n) is 5.86. The van der Waals surface area contributed by atoms with Crippen LogP contribution in [0.3, 0.4) is 0 Å². The highest BCUT2D eigenvalue weighted by molar-refractivity contribution is 6.00. The molecule has 212 valence electrons. The quantitative estimate of drug-likeness (QED) is 0.354. The van der Waals surface area contributed by atoms with Gasteiger partial charge in [-0.3, -0.25) is 14.4 Å². The van der Waals surface area contributed by atoms with Crippen molar-refractivity contribution in [1.29, 1.82) is 0 Å². The van der Waals surface area contributed by atoms with Gasteiger partial charge in [0, 0.05) is 68.5 Å². The Bertz CT molecular complexity index is 1490. The van der Waals surface area contributed by atoms with Gasteiger partial charge in [-0.25, -0.2) is 4.79 Å². The number of ketones is 1. The first kappa shape index (κ1) is 27.6. The highest BCUT2D eigenvalue weighted by Crippen LogP contribution is 2.53. The minimum absolute atomic E-state index is 0.0331. The van der Waals surface area contributed by atoms with E-state index < -0.39 is 23.2 Å². The molecule has 3 atom stereocenters. The first-order chi connectivity index (χ1) is 19.0. The van der Waals surface area contributed by atoms with Crippen LogP contribution in [0.4, 0.5) is 4.79 Å². The average Bonchev–Trinajstić information content (AvgIpc) is 3.25. The Labute approximate surface area is 233 Å². The van der Waals surface area contributed by atoms with Crippen molar-refractivity contribution in [2.24, 2.45) is 17.8 Å². The molecule has 1 aromatic carbocycles. The summed E-state index contributed by atoms with van der Waals surface area (Å²) in [4.78, 5) is 56.4. The molecule has 1 saturated heterocycles. The van der Waals surface area contributed by atoms with Crippen LogP contribution in [0.2, 0.25) is 0 Å². The van der Waals surface area contributed by atoms with Crippen molar-refractivity contribution in [1.82, 2.24) is 25.1 Å². The van der Waals surface area contributed by atoms with Crippen LogP contribution >= 0.6 is 0 Å². The molecular formula is C30H37N5O5. The molecule has 1 aliphatic heterocycles. The number of fused-ring (bicyclic) bond motifs is 2. The maximum Gasteiger partial charge on any atom is 0.407 e. The van der Waals surface area contributed by atoms with E-state index in [9.17, 15) is 19.2 Å². The minimum Gasteiger partial charge on any atom is -0.444 e. The molecule has 5 rings (SSSR count). The summed E-state index contributed by atoms with van der Waals surface area (Å²) in [6.45, 7) is 8.78. The lowest BCUT2D eigenvalue weighted by atomic mass is 10.0. The van der Waals surface area contributed by atoms with Gasteiger partial charge in [0.1, 0.15) is 11.2 Å². The van der Waals surface area contributed by atoms with E-state index >= 15 is 0 Å². The Morgan fingerprint density at radius 2 is 1.88 bits per heavy atom. The second-order valence-corrected chi connectivity index (χ2v) is 11.8. The zero-order valence-electron chi connectivity index (χ0n) is 23.5. The third-order valence-corrected chi connectivity index (χ3v) is 7.87. The van der Waals surface area contributed by atoms with E-state index in [1.807, 2.05) is 51.2 Å². The molecule has 0 radical (unpaired) electrons. The Hall–Kier alpha value is -3.92. The summed E-state index contributed by atoms with van der Waals surface area (Å²) in [5, 5.41) is 6.31. The topological polar surface area (TPSA) is 126 Å². The predicted octanol–water partition coefficient (Wildman–Crippen LogP) is 3.01. The molecule has 2 aliphatic rings. The largest absolute Gasteiger partial charge is 0.444 e. The van der Waals surface area contributed by atoms with E-state index in [4.69, 9.17) is 4.74 Å². The molecule has 3 N–H and O–H groups in total. The first-order valence-electron chi connectivity index (χ1n) is 13.8. The summed E-state index contributed by atoms with van der Waals surface area (Å²) in [6.07, 6.45) is 3.41. The van der Waals surface area contributed by atoms with Gasteiger partial charge in [0.25, 0.3) is 11.5 Å². The molecule has 1 aliphatic carbocycles. The molecule has 3 aromatic rings. The number of benzene rings is 1. The number of rotatable bonds is 9. The van der Waals surface area contributed by atoms with Crippen LogP contribution in [-0.4, -0.2) is 71.1 Å². The summed E-state index contributed by atoms with van der Waals surface area (Å²) in [7, 11) is 1.47. The Morgan fingerprint density at radius 3 is 2.58 bits per heavy atom. The number of hydrogen-bond donors (Lipinski definition) is 3. The molecule has 0 spiro atoms.